The molecule has 38 heavy (non-hydrogen) atoms. The summed E-state index contributed by atoms with van der Waals surface area (Å²) in [4.78, 5) is 42.9. The largest absolute Gasteiger partial charge is 0.483 e. The van der Waals surface area contributed by atoms with Crippen molar-refractivity contribution >= 4 is 29.4 Å². The quantitative estimate of drug-likeness (QED) is 0.410. The molecule has 0 aliphatic carbocycles. The zero-order chi connectivity index (χ0) is 26.9. The predicted molar refractivity (Wildman–Crippen MR) is 142 cm³/mol. The Morgan fingerprint density at radius 3 is 2.45 bits per heavy atom. The molecule has 1 aliphatic heterocycles. The molecule has 3 aromatic carbocycles. The lowest BCUT2D eigenvalue weighted by Gasteiger charge is -2.35. The molecule has 1 heterocycles. The number of rotatable bonds is 8. The summed E-state index contributed by atoms with van der Waals surface area (Å²) in [6, 6.07) is 22.5. The van der Waals surface area contributed by atoms with Crippen molar-refractivity contribution in [1.82, 2.24) is 10.4 Å². The molecule has 0 bridgehead atoms. The summed E-state index contributed by atoms with van der Waals surface area (Å²) in [7, 11) is 0. The van der Waals surface area contributed by atoms with E-state index in [0.29, 0.717) is 18.7 Å². The van der Waals surface area contributed by atoms with E-state index in [0.717, 1.165) is 19.3 Å². The number of carbonyl (C=O) groups excluding carboxylic acids is 3. The van der Waals surface area contributed by atoms with E-state index in [2.05, 4.69) is 12.1 Å². The number of ether oxygens (including phenoxy) is 2. The number of carbonyl (C=O) groups is 3. The second-order valence-electron chi connectivity index (χ2n) is 8.94. The highest BCUT2D eigenvalue weighted by Gasteiger charge is 2.29. The first-order valence-electron chi connectivity index (χ1n) is 12.4. The number of nitrogens with one attached hydrogen (secondary N) is 1. The molecular formula is C29H29ClN2O6. The van der Waals surface area contributed by atoms with Crippen molar-refractivity contribution in [1.29, 1.82) is 0 Å². The first-order chi connectivity index (χ1) is 18.4. The molecule has 1 N–H and O–H groups in total. The van der Waals surface area contributed by atoms with E-state index >= 15 is 0 Å². The maximum atomic E-state index is 13.1. The summed E-state index contributed by atoms with van der Waals surface area (Å²) in [6.07, 6.45) is 2.91. The topological polar surface area (TPSA) is 94.2 Å². The second kappa shape index (κ2) is 13.0. The van der Waals surface area contributed by atoms with Gasteiger partial charge in [0.1, 0.15) is 17.1 Å². The lowest BCUT2D eigenvalue weighted by atomic mass is 10.1. The third-order valence-electron chi connectivity index (χ3n) is 6.01. The van der Waals surface area contributed by atoms with Crippen LogP contribution in [0.15, 0.2) is 72.8 Å². The number of likely N-dealkylation sites (tertiary alicyclic amines) is 1. The third-order valence-corrected chi connectivity index (χ3v) is 6.25. The molecule has 4 rings (SSSR count). The second-order valence-corrected chi connectivity index (χ2v) is 9.38. The van der Waals surface area contributed by atoms with Crippen LogP contribution in [0, 0.1) is 0 Å². The average Bonchev–Trinajstić information content (AvgIpc) is 2.92. The fraction of sp³-hybridized carbons (Fsp3) is 0.276. The van der Waals surface area contributed by atoms with Crippen molar-refractivity contribution in [3.8, 4) is 11.5 Å². The van der Waals surface area contributed by atoms with E-state index in [4.69, 9.17) is 25.9 Å². The van der Waals surface area contributed by atoms with Crippen LogP contribution in [0.25, 0.3) is 0 Å². The minimum Gasteiger partial charge on any atom is -0.483 e. The molecule has 8 nitrogen and oxygen atoms in total. The normalized spacial score (nSPS) is 14.9. The molecule has 9 heteroatoms. The van der Waals surface area contributed by atoms with Crippen LogP contribution in [0.3, 0.4) is 0 Å². The maximum Gasteiger partial charge on any atom is 0.366 e. The molecule has 3 aromatic rings. The number of hydrogen-bond acceptors (Lipinski definition) is 6. The van der Waals surface area contributed by atoms with Gasteiger partial charge in [0.25, 0.3) is 5.91 Å². The highest BCUT2D eigenvalue weighted by Crippen LogP contribution is 2.26. The zero-order valence-electron chi connectivity index (χ0n) is 21.0. The Hall–Kier alpha value is -4.04. The SMILES string of the molecule is CC(=O)NOC(=O)c1cc(Cl)ccc1OCC(=O)N1CCCCC1Oc1ccc(Cc2ccccc2)cc1. The molecule has 198 valence electrons. The number of halogens is 1. The molecule has 0 radical (unpaired) electrons. The van der Waals surface area contributed by atoms with Crippen LogP contribution in [0.1, 0.15) is 47.7 Å². The van der Waals surface area contributed by atoms with E-state index in [1.165, 1.54) is 36.2 Å². The van der Waals surface area contributed by atoms with Crippen LogP contribution in [0.5, 0.6) is 11.5 Å². The molecule has 1 fully saturated rings. The molecule has 2 amide bonds. The van der Waals surface area contributed by atoms with Gasteiger partial charge in [-0.15, -0.1) is 0 Å². The molecular weight excluding hydrogens is 508 g/mol. The Kier molecular flexibility index (Phi) is 9.21. The number of hydrogen-bond donors (Lipinski definition) is 1. The van der Waals surface area contributed by atoms with Crippen LogP contribution < -0.4 is 15.0 Å². The van der Waals surface area contributed by atoms with Gasteiger partial charge in [0.15, 0.2) is 12.8 Å². The Bertz CT molecular complexity index is 1270. The summed E-state index contributed by atoms with van der Waals surface area (Å²) in [5.74, 6) is -0.874. The van der Waals surface area contributed by atoms with Gasteiger partial charge in [-0.25, -0.2) is 4.79 Å². The standard InChI is InChI=1S/C29H29ClN2O6/c1-20(33)31-38-29(35)25-18-23(30)12-15-26(25)36-19-27(34)32-16-6-5-9-28(32)37-24-13-10-22(11-14-24)17-21-7-3-2-4-8-21/h2-4,7-8,10-15,18,28H,5-6,9,16-17,19H2,1H3,(H,31,33). The first-order valence-corrected chi connectivity index (χ1v) is 12.8. The number of piperidine rings is 1. The minimum atomic E-state index is -0.861. The number of benzene rings is 3. The molecule has 0 aromatic heterocycles. The van der Waals surface area contributed by atoms with Gasteiger partial charge in [0, 0.05) is 24.9 Å². The Labute approximate surface area is 226 Å². The lowest BCUT2D eigenvalue weighted by molar-refractivity contribution is -0.144. The summed E-state index contributed by atoms with van der Waals surface area (Å²) in [5.41, 5.74) is 4.36. The molecule has 1 atom stereocenters. The van der Waals surface area contributed by atoms with E-state index < -0.39 is 18.1 Å². The van der Waals surface area contributed by atoms with Gasteiger partial charge >= 0.3 is 5.97 Å². The van der Waals surface area contributed by atoms with Crippen molar-refractivity contribution < 1.29 is 28.7 Å². The molecule has 1 saturated heterocycles. The van der Waals surface area contributed by atoms with Crippen molar-refractivity contribution in [2.75, 3.05) is 13.2 Å². The van der Waals surface area contributed by atoms with Gasteiger partial charge in [-0.05, 0) is 60.7 Å². The summed E-state index contributed by atoms with van der Waals surface area (Å²) in [5, 5.41) is 0.276. The monoisotopic (exact) mass is 536 g/mol. The first kappa shape index (κ1) is 27.0. The summed E-state index contributed by atoms with van der Waals surface area (Å²) < 4.78 is 11.9. The molecule has 1 aliphatic rings. The van der Waals surface area contributed by atoms with Crippen LogP contribution in [0.4, 0.5) is 0 Å². The Balaban J connectivity index is 1.37. The van der Waals surface area contributed by atoms with Crippen molar-refractivity contribution in [3.63, 3.8) is 0 Å². The van der Waals surface area contributed by atoms with Gasteiger partial charge in [0.05, 0.1) is 0 Å². The number of amides is 2. The molecule has 1 unspecified atom stereocenters. The Morgan fingerprint density at radius 2 is 1.71 bits per heavy atom. The van der Waals surface area contributed by atoms with E-state index in [-0.39, 0.29) is 28.8 Å². The van der Waals surface area contributed by atoms with Gasteiger partial charge < -0.3 is 19.2 Å². The minimum absolute atomic E-state index is 0.0129. The average molecular weight is 537 g/mol. The van der Waals surface area contributed by atoms with E-state index in [1.54, 1.807) is 4.90 Å². The van der Waals surface area contributed by atoms with Gasteiger partial charge in [-0.3, -0.25) is 9.59 Å². The van der Waals surface area contributed by atoms with E-state index in [9.17, 15) is 14.4 Å². The van der Waals surface area contributed by atoms with Crippen LogP contribution in [-0.4, -0.2) is 42.1 Å². The van der Waals surface area contributed by atoms with Crippen LogP contribution >= 0.6 is 11.6 Å². The molecule has 0 spiro atoms. The fourth-order valence-electron chi connectivity index (χ4n) is 4.17. The zero-order valence-corrected chi connectivity index (χ0v) is 21.8. The lowest BCUT2D eigenvalue weighted by Crippen LogP contribution is -2.48. The number of nitrogens with zero attached hydrogens (tertiary/aromatic N) is 1. The summed E-state index contributed by atoms with van der Waals surface area (Å²) in [6.45, 7) is 1.44. The maximum absolute atomic E-state index is 13.1. The van der Waals surface area contributed by atoms with Gasteiger partial charge in [-0.2, -0.15) is 5.48 Å². The van der Waals surface area contributed by atoms with E-state index in [1.807, 2.05) is 47.9 Å². The summed E-state index contributed by atoms with van der Waals surface area (Å²) >= 11 is 6.01. The predicted octanol–water partition coefficient (Wildman–Crippen LogP) is 4.94. The Morgan fingerprint density at radius 1 is 0.974 bits per heavy atom. The fourth-order valence-corrected chi connectivity index (χ4v) is 4.34. The molecule has 0 saturated carbocycles. The smallest absolute Gasteiger partial charge is 0.366 e. The van der Waals surface area contributed by atoms with Crippen molar-refractivity contribution in [3.05, 3.63) is 94.5 Å². The van der Waals surface area contributed by atoms with Crippen LogP contribution in [-0.2, 0) is 20.8 Å². The van der Waals surface area contributed by atoms with Crippen LogP contribution in [0.2, 0.25) is 5.02 Å². The van der Waals surface area contributed by atoms with Gasteiger partial charge in [-0.1, -0.05) is 54.1 Å². The van der Waals surface area contributed by atoms with Crippen molar-refractivity contribution in [2.45, 2.75) is 38.8 Å². The van der Waals surface area contributed by atoms with Crippen molar-refractivity contribution in [2.24, 2.45) is 0 Å². The van der Waals surface area contributed by atoms with Gasteiger partial charge in [0.2, 0.25) is 5.91 Å². The highest BCUT2D eigenvalue weighted by molar-refractivity contribution is 6.31. The third kappa shape index (κ3) is 7.49. The number of hydroxylamine groups is 1. The highest BCUT2D eigenvalue weighted by atomic mass is 35.5.